The first-order chi connectivity index (χ1) is 11.6. The van der Waals surface area contributed by atoms with Crippen LogP contribution >= 0.6 is 0 Å². The van der Waals surface area contributed by atoms with Crippen LogP contribution < -0.4 is 10.1 Å². The molecule has 1 amide bonds. The zero-order chi connectivity index (χ0) is 17.1. The van der Waals surface area contributed by atoms with Crippen molar-refractivity contribution >= 4 is 16.8 Å². The lowest BCUT2D eigenvalue weighted by atomic mass is 10.2. The Morgan fingerprint density at radius 1 is 1.54 bits per heavy atom. The predicted octanol–water partition coefficient (Wildman–Crippen LogP) is 0.802. The molecule has 1 unspecified atom stereocenters. The van der Waals surface area contributed by atoms with Crippen molar-refractivity contribution < 1.29 is 24.1 Å². The number of aromatic nitrogens is 2. The summed E-state index contributed by atoms with van der Waals surface area (Å²) in [7, 11) is 1.52. The molecule has 0 spiro atoms. The number of aromatic hydroxyl groups is 1. The van der Waals surface area contributed by atoms with E-state index in [0.29, 0.717) is 42.1 Å². The minimum absolute atomic E-state index is 0.152. The van der Waals surface area contributed by atoms with Crippen LogP contribution in [-0.2, 0) is 27.4 Å². The Labute approximate surface area is 139 Å². The van der Waals surface area contributed by atoms with Gasteiger partial charge in [0.1, 0.15) is 0 Å². The Morgan fingerprint density at radius 2 is 2.38 bits per heavy atom. The van der Waals surface area contributed by atoms with E-state index in [0.717, 1.165) is 0 Å². The number of carbonyl (C=O) groups is 1. The molecular formula is C16H21N3O5. The van der Waals surface area contributed by atoms with Crippen LogP contribution in [0.15, 0.2) is 12.3 Å². The van der Waals surface area contributed by atoms with Crippen LogP contribution in [0.3, 0.4) is 0 Å². The third kappa shape index (κ3) is 3.15. The van der Waals surface area contributed by atoms with E-state index in [4.69, 9.17) is 14.2 Å². The average Bonchev–Trinajstić information content (AvgIpc) is 2.94. The van der Waals surface area contributed by atoms with Crippen LogP contribution in [0.2, 0.25) is 0 Å². The summed E-state index contributed by atoms with van der Waals surface area (Å²) < 4.78 is 17.6. The van der Waals surface area contributed by atoms with E-state index < -0.39 is 6.10 Å². The van der Waals surface area contributed by atoms with Gasteiger partial charge in [0.2, 0.25) is 11.8 Å². The number of amides is 1. The fraction of sp³-hybridized carbons (Fsp3) is 0.500. The van der Waals surface area contributed by atoms with E-state index in [9.17, 15) is 9.90 Å². The molecule has 1 aliphatic rings. The summed E-state index contributed by atoms with van der Waals surface area (Å²) in [5, 5.41) is 13.6. The van der Waals surface area contributed by atoms with Crippen LogP contribution in [0, 0.1) is 0 Å². The Kier molecular flexibility index (Phi) is 4.86. The first-order valence-electron chi connectivity index (χ1n) is 7.86. The van der Waals surface area contributed by atoms with Gasteiger partial charge >= 0.3 is 0 Å². The molecule has 8 nitrogen and oxygen atoms in total. The lowest BCUT2D eigenvalue weighted by molar-refractivity contribution is -0.147. The summed E-state index contributed by atoms with van der Waals surface area (Å²) >= 11 is 0. The molecule has 1 fully saturated rings. The fourth-order valence-electron chi connectivity index (χ4n) is 2.67. The van der Waals surface area contributed by atoms with Crippen LogP contribution in [0.25, 0.3) is 10.9 Å². The van der Waals surface area contributed by atoms with Crippen molar-refractivity contribution in [2.24, 2.45) is 0 Å². The number of fused-ring (bicyclic) bond motifs is 1. The molecule has 24 heavy (non-hydrogen) atoms. The summed E-state index contributed by atoms with van der Waals surface area (Å²) in [6, 6.07) is 1.78. The summed E-state index contributed by atoms with van der Waals surface area (Å²) in [6.07, 6.45) is 1.17. The summed E-state index contributed by atoms with van der Waals surface area (Å²) in [5.74, 6) is 0.323. The van der Waals surface area contributed by atoms with E-state index in [-0.39, 0.29) is 24.9 Å². The highest BCUT2D eigenvalue weighted by Gasteiger charge is 2.23. The molecule has 3 heterocycles. The molecule has 0 aliphatic carbocycles. The Bertz CT molecular complexity index is 737. The fourth-order valence-corrected chi connectivity index (χ4v) is 2.67. The van der Waals surface area contributed by atoms with Gasteiger partial charge in [-0.25, -0.2) is 4.98 Å². The van der Waals surface area contributed by atoms with Crippen molar-refractivity contribution in [2.75, 3.05) is 26.9 Å². The smallest absolute Gasteiger partial charge is 0.251 e. The molecule has 1 saturated heterocycles. The van der Waals surface area contributed by atoms with Crippen LogP contribution in [0.4, 0.5) is 0 Å². The first kappa shape index (κ1) is 16.5. The van der Waals surface area contributed by atoms with Gasteiger partial charge in [-0.2, -0.15) is 0 Å². The molecule has 2 aromatic heterocycles. The van der Waals surface area contributed by atoms with Gasteiger partial charge in [-0.05, 0) is 13.0 Å². The molecule has 0 radical (unpaired) electrons. The lowest BCUT2D eigenvalue weighted by Gasteiger charge is -2.22. The second-order valence-corrected chi connectivity index (χ2v) is 5.48. The number of hydrogen-bond acceptors (Lipinski definition) is 6. The number of aryl methyl sites for hydroxylation is 1. The van der Waals surface area contributed by atoms with Crippen molar-refractivity contribution in [3.63, 3.8) is 0 Å². The van der Waals surface area contributed by atoms with E-state index in [1.54, 1.807) is 16.8 Å². The largest absolute Gasteiger partial charge is 0.494 e. The lowest BCUT2D eigenvalue weighted by Crippen LogP contribution is -2.42. The zero-order valence-corrected chi connectivity index (χ0v) is 13.7. The number of methoxy groups -OCH3 is 1. The van der Waals surface area contributed by atoms with Gasteiger partial charge in [-0.15, -0.1) is 0 Å². The van der Waals surface area contributed by atoms with E-state index in [1.807, 2.05) is 6.92 Å². The van der Waals surface area contributed by atoms with Crippen LogP contribution in [0.1, 0.15) is 12.5 Å². The van der Waals surface area contributed by atoms with E-state index >= 15 is 0 Å². The van der Waals surface area contributed by atoms with Gasteiger partial charge in [-0.3, -0.25) is 4.79 Å². The number of ether oxygens (including phenoxy) is 3. The molecule has 3 rings (SSSR count). The maximum absolute atomic E-state index is 12.1. The van der Waals surface area contributed by atoms with E-state index in [2.05, 4.69) is 10.3 Å². The van der Waals surface area contributed by atoms with E-state index in [1.165, 1.54) is 7.11 Å². The summed E-state index contributed by atoms with van der Waals surface area (Å²) in [4.78, 5) is 16.5. The topological polar surface area (TPSA) is 94.8 Å². The van der Waals surface area contributed by atoms with Crippen molar-refractivity contribution in [1.82, 2.24) is 14.9 Å². The van der Waals surface area contributed by atoms with Crippen LogP contribution in [0.5, 0.6) is 11.8 Å². The molecule has 0 bridgehead atoms. The Balaban J connectivity index is 1.79. The molecule has 1 aliphatic heterocycles. The molecule has 0 aromatic carbocycles. The second-order valence-electron chi connectivity index (χ2n) is 5.48. The summed E-state index contributed by atoms with van der Waals surface area (Å²) in [5.41, 5.74) is 1.32. The van der Waals surface area contributed by atoms with Gasteiger partial charge < -0.3 is 29.2 Å². The number of pyridine rings is 1. The van der Waals surface area contributed by atoms with Gasteiger partial charge in [0.25, 0.3) is 5.91 Å². The number of nitrogens with zero attached hydrogens (tertiary/aromatic N) is 2. The predicted molar refractivity (Wildman–Crippen MR) is 86.0 cm³/mol. The third-order valence-electron chi connectivity index (χ3n) is 3.98. The molecule has 1 atom stereocenters. The molecular weight excluding hydrogens is 314 g/mol. The monoisotopic (exact) mass is 335 g/mol. The van der Waals surface area contributed by atoms with Gasteiger partial charge in [0.05, 0.1) is 37.8 Å². The maximum Gasteiger partial charge on any atom is 0.251 e. The first-order valence-corrected chi connectivity index (χ1v) is 7.86. The van der Waals surface area contributed by atoms with Crippen LogP contribution in [-0.4, -0.2) is 53.6 Å². The zero-order valence-electron chi connectivity index (χ0n) is 13.7. The Morgan fingerprint density at radius 3 is 3.04 bits per heavy atom. The maximum atomic E-state index is 12.1. The average molecular weight is 335 g/mol. The van der Waals surface area contributed by atoms with Gasteiger partial charge in [0.15, 0.2) is 6.10 Å². The van der Waals surface area contributed by atoms with Gasteiger partial charge in [-0.1, -0.05) is 0 Å². The summed E-state index contributed by atoms with van der Waals surface area (Å²) in [6.45, 7) is 3.96. The molecule has 2 aromatic rings. The highest BCUT2D eigenvalue weighted by atomic mass is 16.6. The normalized spacial score (nSPS) is 17.8. The molecule has 8 heteroatoms. The second kappa shape index (κ2) is 7.06. The highest BCUT2D eigenvalue weighted by molar-refractivity contribution is 5.86. The number of rotatable bonds is 5. The van der Waals surface area contributed by atoms with Crippen molar-refractivity contribution in [3.8, 4) is 11.8 Å². The standard InChI is InChI=1S/C16H21N3O5/c1-3-19-8-12-11(16(19)21)6-10(15(18-12)22-2)7-17-14(20)13-9-23-4-5-24-13/h6,8,13,21H,3-5,7,9H2,1-2H3,(H,17,20). The Hall–Kier alpha value is -2.32. The number of carbonyl (C=O) groups excluding carboxylic acids is 1. The van der Waals surface area contributed by atoms with Crippen molar-refractivity contribution in [3.05, 3.63) is 17.8 Å². The molecule has 130 valence electrons. The van der Waals surface area contributed by atoms with Gasteiger partial charge in [0, 0.05) is 24.8 Å². The minimum atomic E-state index is -0.601. The number of nitrogens with one attached hydrogen (secondary N) is 1. The van der Waals surface area contributed by atoms with Crippen molar-refractivity contribution in [1.29, 1.82) is 0 Å². The van der Waals surface area contributed by atoms with Crippen molar-refractivity contribution in [2.45, 2.75) is 26.1 Å². The highest BCUT2D eigenvalue weighted by Crippen LogP contribution is 2.30. The number of hydrogen-bond donors (Lipinski definition) is 2. The quantitative estimate of drug-likeness (QED) is 0.839. The molecule has 2 N–H and O–H groups in total. The molecule has 0 saturated carbocycles. The SMILES string of the molecule is CCn1cc2nc(OC)c(CNC(=O)C3COCCO3)cc2c1O. The third-order valence-corrected chi connectivity index (χ3v) is 3.98. The minimum Gasteiger partial charge on any atom is -0.494 e.